The van der Waals surface area contributed by atoms with E-state index in [-0.39, 0.29) is 16.7 Å². The number of nitrogens with two attached hydrogens (primary N) is 1. The predicted molar refractivity (Wildman–Crippen MR) is 43.5 cm³/mol. The average molecular weight is 156 g/mol. The predicted octanol–water partition coefficient (Wildman–Crippen LogP) is 0.803. The Balaban J connectivity index is 2.76. The highest BCUT2D eigenvalue weighted by Gasteiger charge is 2.57. The second-order valence-electron chi connectivity index (χ2n) is 4.31. The molecule has 0 aromatic rings. The van der Waals surface area contributed by atoms with Gasteiger partial charge >= 0.3 is 0 Å². The molecule has 0 aliphatic heterocycles. The summed E-state index contributed by atoms with van der Waals surface area (Å²) in [6, 6.07) is 0. The maximum absolute atomic E-state index is 11.3. The minimum Gasteiger partial charge on any atom is -0.294 e. The molecule has 11 heavy (non-hydrogen) atoms. The molecule has 0 heterocycles. The third-order valence-corrected chi connectivity index (χ3v) is 2.75. The van der Waals surface area contributed by atoms with Gasteiger partial charge in [-0.2, -0.15) is 0 Å². The molecule has 1 aliphatic carbocycles. The van der Waals surface area contributed by atoms with Gasteiger partial charge in [0.15, 0.2) is 0 Å². The van der Waals surface area contributed by atoms with Crippen LogP contribution in [0.2, 0.25) is 0 Å². The highest BCUT2D eigenvalue weighted by atomic mass is 16.2. The quantitative estimate of drug-likeness (QED) is 0.335. The molecule has 1 amide bonds. The Bertz CT molecular complexity index is 177. The third-order valence-electron chi connectivity index (χ3n) is 2.75. The molecule has 0 bridgehead atoms. The minimum atomic E-state index is -0.179. The standard InChI is InChI=1S/C8H16N2O/c1-7(2,3)8(4-5-8)6(11)10-9/h4-5,9H2,1-3H3,(H,10,11). The van der Waals surface area contributed by atoms with Gasteiger partial charge in [0.2, 0.25) is 5.91 Å². The first-order valence-corrected chi connectivity index (χ1v) is 3.95. The van der Waals surface area contributed by atoms with Crippen molar-refractivity contribution in [1.82, 2.24) is 5.43 Å². The molecule has 64 valence electrons. The molecule has 0 unspecified atom stereocenters. The fourth-order valence-electron chi connectivity index (χ4n) is 1.58. The van der Waals surface area contributed by atoms with E-state index in [1.807, 2.05) is 0 Å². The molecule has 1 aliphatic rings. The van der Waals surface area contributed by atoms with E-state index in [2.05, 4.69) is 26.2 Å². The molecule has 3 nitrogen and oxygen atoms in total. The summed E-state index contributed by atoms with van der Waals surface area (Å²) < 4.78 is 0. The van der Waals surface area contributed by atoms with Crippen LogP contribution in [0.3, 0.4) is 0 Å². The molecular formula is C8H16N2O. The van der Waals surface area contributed by atoms with Crippen molar-refractivity contribution >= 4 is 5.91 Å². The van der Waals surface area contributed by atoms with Crippen molar-refractivity contribution in [2.45, 2.75) is 33.6 Å². The van der Waals surface area contributed by atoms with Gasteiger partial charge in [-0.15, -0.1) is 0 Å². The van der Waals surface area contributed by atoms with E-state index in [1.165, 1.54) is 0 Å². The summed E-state index contributed by atoms with van der Waals surface area (Å²) in [4.78, 5) is 11.3. The summed E-state index contributed by atoms with van der Waals surface area (Å²) >= 11 is 0. The normalized spacial score (nSPS) is 21.1. The van der Waals surface area contributed by atoms with E-state index in [1.54, 1.807) is 0 Å². The van der Waals surface area contributed by atoms with Crippen LogP contribution in [-0.4, -0.2) is 5.91 Å². The SMILES string of the molecule is CC(C)(C)C1(C(=O)NN)CC1. The van der Waals surface area contributed by atoms with Crippen LogP contribution in [0, 0.1) is 10.8 Å². The first-order valence-electron chi connectivity index (χ1n) is 3.95. The molecular weight excluding hydrogens is 140 g/mol. The number of hydrazine groups is 1. The summed E-state index contributed by atoms with van der Waals surface area (Å²) in [7, 11) is 0. The van der Waals surface area contributed by atoms with E-state index < -0.39 is 0 Å². The molecule has 0 radical (unpaired) electrons. The van der Waals surface area contributed by atoms with Gasteiger partial charge < -0.3 is 0 Å². The van der Waals surface area contributed by atoms with Crippen molar-refractivity contribution in [2.24, 2.45) is 16.7 Å². The van der Waals surface area contributed by atoms with Crippen LogP contribution in [0.5, 0.6) is 0 Å². The van der Waals surface area contributed by atoms with Gasteiger partial charge in [0.1, 0.15) is 0 Å². The largest absolute Gasteiger partial charge is 0.294 e. The molecule has 0 aromatic carbocycles. The first kappa shape index (κ1) is 8.53. The van der Waals surface area contributed by atoms with E-state index >= 15 is 0 Å². The highest BCUT2D eigenvalue weighted by Crippen LogP contribution is 2.58. The molecule has 0 atom stereocenters. The van der Waals surface area contributed by atoms with Gasteiger partial charge in [0, 0.05) is 0 Å². The Morgan fingerprint density at radius 1 is 1.45 bits per heavy atom. The zero-order valence-corrected chi connectivity index (χ0v) is 7.40. The number of hydrogen-bond donors (Lipinski definition) is 2. The fourth-order valence-corrected chi connectivity index (χ4v) is 1.58. The highest BCUT2D eigenvalue weighted by molar-refractivity contribution is 5.85. The van der Waals surface area contributed by atoms with Crippen LogP contribution >= 0.6 is 0 Å². The van der Waals surface area contributed by atoms with Crippen LogP contribution < -0.4 is 11.3 Å². The zero-order valence-electron chi connectivity index (χ0n) is 7.40. The molecule has 1 rings (SSSR count). The Hall–Kier alpha value is -0.570. The Morgan fingerprint density at radius 3 is 2.00 bits per heavy atom. The Morgan fingerprint density at radius 2 is 1.91 bits per heavy atom. The van der Waals surface area contributed by atoms with Crippen molar-refractivity contribution in [2.75, 3.05) is 0 Å². The second kappa shape index (κ2) is 2.21. The molecule has 3 N–H and O–H groups in total. The van der Waals surface area contributed by atoms with E-state index in [0.717, 1.165) is 12.8 Å². The lowest BCUT2D eigenvalue weighted by Gasteiger charge is -2.28. The van der Waals surface area contributed by atoms with Gasteiger partial charge in [-0.3, -0.25) is 10.2 Å². The van der Waals surface area contributed by atoms with Crippen molar-refractivity contribution in [3.05, 3.63) is 0 Å². The van der Waals surface area contributed by atoms with Gasteiger partial charge in [-0.05, 0) is 18.3 Å². The summed E-state index contributed by atoms with van der Waals surface area (Å²) in [6.07, 6.45) is 1.94. The molecule has 0 spiro atoms. The van der Waals surface area contributed by atoms with Crippen molar-refractivity contribution in [3.8, 4) is 0 Å². The molecule has 1 saturated carbocycles. The molecule has 3 heteroatoms. The number of nitrogens with one attached hydrogen (secondary N) is 1. The smallest absolute Gasteiger partial charge is 0.240 e. The van der Waals surface area contributed by atoms with Crippen LogP contribution in [-0.2, 0) is 4.79 Å². The number of amides is 1. The summed E-state index contributed by atoms with van der Waals surface area (Å²) in [6.45, 7) is 6.24. The Kier molecular flexibility index (Phi) is 1.71. The third kappa shape index (κ3) is 1.13. The van der Waals surface area contributed by atoms with Crippen molar-refractivity contribution in [1.29, 1.82) is 0 Å². The number of hydrogen-bond acceptors (Lipinski definition) is 2. The van der Waals surface area contributed by atoms with Crippen LogP contribution in [0.25, 0.3) is 0 Å². The topological polar surface area (TPSA) is 55.1 Å². The number of rotatable bonds is 1. The number of carbonyl (C=O) groups excluding carboxylic acids is 1. The summed E-state index contributed by atoms with van der Waals surface area (Å²) in [5, 5.41) is 0. The van der Waals surface area contributed by atoms with Crippen molar-refractivity contribution < 1.29 is 4.79 Å². The zero-order chi connectivity index (χ0) is 8.70. The first-order chi connectivity index (χ1) is 4.94. The van der Waals surface area contributed by atoms with Crippen LogP contribution in [0.15, 0.2) is 0 Å². The summed E-state index contributed by atoms with van der Waals surface area (Å²) in [5.74, 6) is 5.09. The lowest BCUT2D eigenvalue weighted by molar-refractivity contribution is -0.130. The van der Waals surface area contributed by atoms with Gasteiger partial charge in [0.05, 0.1) is 5.41 Å². The lowest BCUT2D eigenvalue weighted by Crippen LogP contribution is -2.42. The lowest BCUT2D eigenvalue weighted by atomic mass is 9.77. The molecule has 1 fully saturated rings. The second-order valence-corrected chi connectivity index (χ2v) is 4.31. The number of carbonyl (C=O) groups is 1. The van der Waals surface area contributed by atoms with Gasteiger partial charge in [0.25, 0.3) is 0 Å². The fraction of sp³-hybridized carbons (Fsp3) is 0.875. The van der Waals surface area contributed by atoms with Crippen LogP contribution in [0.4, 0.5) is 0 Å². The van der Waals surface area contributed by atoms with Crippen molar-refractivity contribution in [3.63, 3.8) is 0 Å². The molecule has 0 aromatic heterocycles. The Labute approximate surface area is 67.3 Å². The monoisotopic (exact) mass is 156 g/mol. The van der Waals surface area contributed by atoms with E-state index in [4.69, 9.17) is 5.84 Å². The van der Waals surface area contributed by atoms with E-state index in [9.17, 15) is 4.79 Å². The maximum Gasteiger partial charge on any atom is 0.240 e. The maximum atomic E-state index is 11.3. The molecule has 0 saturated heterocycles. The average Bonchev–Trinajstić information content (AvgIpc) is 2.63. The van der Waals surface area contributed by atoms with Gasteiger partial charge in [-0.1, -0.05) is 20.8 Å². The minimum absolute atomic E-state index is 0.00926. The van der Waals surface area contributed by atoms with E-state index in [0.29, 0.717) is 0 Å². The van der Waals surface area contributed by atoms with Crippen LogP contribution in [0.1, 0.15) is 33.6 Å². The summed E-state index contributed by atoms with van der Waals surface area (Å²) in [5.41, 5.74) is 2.09. The van der Waals surface area contributed by atoms with Gasteiger partial charge in [-0.25, -0.2) is 5.84 Å².